The van der Waals surface area contributed by atoms with Gasteiger partial charge in [0, 0.05) is 25.7 Å². The number of tetrazole rings is 1. The highest BCUT2D eigenvalue weighted by Gasteiger charge is 2.38. The van der Waals surface area contributed by atoms with Gasteiger partial charge in [0.2, 0.25) is 0 Å². The summed E-state index contributed by atoms with van der Waals surface area (Å²) >= 11 is 0. The predicted molar refractivity (Wildman–Crippen MR) is 72.2 cm³/mol. The molecule has 1 saturated carbocycles. The van der Waals surface area contributed by atoms with E-state index in [-0.39, 0.29) is 0 Å². The van der Waals surface area contributed by atoms with Crippen molar-refractivity contribution in [3.63, 3.8) is 0 Å². The lowest BCUT2D eigenvalue weighted by atomic mass is 9.78. The highest BCUT2D eigenvalue weighted by Crippen LogP contribution is 2.35. The summed E-state index contributed by atoms with van der Waals surface area (Å²) in [6.07, 6.45) is 4.90. The molecule has 3 unspecified atom stereocenters. The molecule has 2 N–H and O–H groups in total. The smallest absolute Gasteiger partial charge is 0.165 e. The van der Waals surface area contributed by atoms with Crippen LogP contribution in [0.4, 0.5) is 0 Å². The van der Waals surface area contributed by atoms with Gasteiger partial charge in [-0.3, -0.25) is 4.90 Å². The number of likely N-dealkylation sites (tertiary alicyclic amines) is 1. The van der Waals surface area contributed by atoms with Crippen LogP contribution in [0.15, 0.2) is 0 Å². The first-order chi connectivity index (χ1) is 9.28. The zero-order valence-corrected chi connectivity index (χ0v) is 11.7. The summed E-state index contributed by atoms with van der Waals surface area (Å²) in [4.78, 5) is 2.48. The number of aromatic nitrogens is 4. The lowest BCUT2D eigenvalue weighted by molar-refractivity contribution is 0.258. The maximum Gasteiger partial charge on any atom is 0.165 e. The number of nitrogens with two attached hydrogens (primary N) is 1. The van der Waals surface area contributed by atoms with Crippen molar-refractivity contribution in [2.75, 3.05) is 13.1 Å². The van der Waals surface area contributed by atoms with Crippen LogP contribution in [0.2, 0.25) is 0 Å². The Kier molecular flexibility index (Phi) is 3.79. The Balaban J connectivity index is 1.63. The van der Waals surface area contributed by atoms with E-state index in [1.807, 2.05) is 4.68 Å². The molecule has 6 heteroatoms. The molecular weight excluding hydrogens is 240 g/mol. The van der Waals surface area contributed by atoms with Crippen LogP contribution in [0.5, 0.6) is 0 Å². The van der Waals surface area contributed by atoms with Gasteiger partial charge in [-0.15, -0.1) is 5.10 Å². The normalized spacial score (nSPS) is 31.6. The second kappa shape index (κ2) is 5.54. The topological polar surface area (TPSA) is 72.9 Å². The van der Waals surface area contributed by atoms with Gasteiger partial charge < -0.3 is 5.73 Å². The molecule has 2 aliphatic rings. The van der Waals surface area contributed by atoms with Gasteiger partial charge in [0.1, 0.15) is 0 Å². The number of hydrogen-bond donors (Lipinski definition) is 1. The second-order valence-corrected chi connectivity index (χ2v) is 6.03. The third kappa shape index (κ3) is 2.65. The Labute approximate surface area is 114 Å². The van der Waals surface area contributed by atoms with Crippen molar-refractivity contribution in [1.29, 1.82) is 0 Å². The van der Waals surface area contributed by atoms with Crippen LogP contribution in [0, 0.1) is 11.8 Å². The summed E-state index contributed by atoms with van der Waals surface area (Å²) in [5.41, 5.74) is 6.26. The van der Waals surface area contributed by atoms with E-state index in [2.05, 4.69) is 27.3 Å². The molecule has 2 heterocycles. The van der Waals surface area contributed by atoms with Crippen LogP contribution in [-0.2, 0) is 13.1 Å². The first-order valence-electron chi connectivity index (χ1n) is 7.51. The van der Waals surface area contributed by atoms with Gasteiger partial charge in [-0.05, 0) is 41.5 Å². The van der Waals surface area contributed by atoms with Crippen LogP contribution >= 0.6 is 0 Å². The Hall–Kier alpha value is -1.01. The Morgan fingerprint density at radius 3 is 3.00 bits per heavy atom. The van der Waals surface area contributed by atoms with E-state index in [0.29, 0.717) is 12.0 Å². The molecule has 1 aliphatic carbocycles. The number of aryl methyl sites for hydroxylation is 1. The molecular formula is C13H24N6. The minimum absolute atomic E-state index is 0.399. The van der Waals surface area contributed by atoms with E-state index in [1.54, 1.807) is 0 Å². The average molecular weight is 264 g/mol. The Morgan fingerprint density at radius 1 is 1.32 bits per heavy atom. The zero-order valence-electron chi connectivity index (χ0n) is 11.7. The van der Waals surface area contributed by atoms with E-state index in [4.69, 9.17) is 5.73 Å². The van der Waals surface area contributed by atoms with Gasteiger partial charge in [-0.25, -0.2) is 4.68 Å². The summed E-state index contributed by atoms with van der Waals surface area (Å²) in [6, 6.07) is 0.399. The summed E-state index contributed by atoms with van der Waals surface area (Å²) in [5, 5.41) is 12.0. The first-order valence-corrected chi connectivity index (χ1v) is 7.51. The average Bonchev–Trinajstić information content (AvgIpc) is 2.98. The molecule has 0 aromatic carbocycles. The lowest BCUT2D eigenvalue weighted by Gasteiger charge is -2.29. The third-order valence-electron chi connectivity index (χ3n) is 4.64. The third-order valence-corrected chi connectivity index (χ3v) is 4.64. The van der Waals surface area contributed by atoms with E-state index in [1.165, 1.54) is 19.3 Å². The van der Waals surface area contributed by atoms with Gasteiger partial charge >= 0.3 is 0 Å². The fourth-order valence-corrected chi connectivity index (χ4v) is 3.66. The minimum Gasteiger partial charge on any atom is -0.327 e. The maximum atomic E-state index is 6.26. The first kappa shape index (κ1) is 13.0. The largest absolute Gasteiger partial charge is 0.327 e. The van der Waals surface area contributed by atoms with Crippen molar-refractivity contribution in [3.05, 3.63) is 5.82 Å². The minimum atomic E-state index is 0.399. The predicted octanol–water partition coefficient (Wildman–Crippen LogP) is 0.642. The molecule has 0 bridgehead atoms. The van der Waals surface area contributed by atoms with Crippen LogP contribution in [-0.4, -0.2) is 44.2 Å². The molecule has 1 saturated heterocycles. The number of rotatable bonds is 4. The van der Waals surface area contributed by atoms with Crippen molar-refractivity contribution in [3.8, 4) is 0 Å². The van der Waals surface area contributed by atoms with E-state index < -0.39 is 0 Å². The Morgan fingerprint density at radius 2 is 2.21 bits per heavy atom. The number of hydrogen-bond acceptors (Lipinski definition) is 5. The van der Waals surface area contributed by atoms with Crippen molar-refractivity contribution in [2.24, 2.45) is 17.6 Å². The van der Waals surface area contributed by atoms with Crippen LogP contribution in [0.3, 0.4) is 0 Å². The van der Waals surface area contributed by atoms with Gasteiger partial charge in [-0.2, -0.15) is 0 Å². The monoisotopic (exact) mass is 264 g/mol. The molecule has 6 nitrogen and oxygen atoms in total. The summed E-state index contributed by atoms with van der Waals surface area (Å²) in [6.45, 7) is 6.20. The molecule has 1 aromatic rings. The highest BCUT2D eigenvalue weighted by atomic mass is 15.5. The fourth-order valence-electron chi connectivity index (χ4n) is 3.66. The van der Waals surface area contributed by atoms with Gasteiger partial charge in [0.25, 0.3) is 0 Å². The van der Waals surface area contributed by atoms with Crippen LogP contribution in [0.1, 0.15) is 38.4 Å². The van der Waals surface area contributed by atoms with Crippen molar-refractivity contribution in [1.82, 2.24) is 25.1 Å². The van der Waals surface area contributed by atoms with E-state index in [9.17, 15) is 0 Å². The molecule has 106 valence electrons. The molecule has 19 heavy (non-hydrogen) atoms. The van der Waals surface area contributed by atoms with Crippen LogP contribution in [0.25, 0.3) is 0 Å². The molecule has 3 rings (SSSR count). The molecule has 3 atom stereocenters. The van der Waals surface area contributed by atoms with E-state index in [0.717, 1.165) is 44.3 Å². The number of nitrogens with zero attached hydrogens (tertiary/aromatic N) is 5. The van der Waals surface area contributed by atoms with E-state index >= 15 is 0 Å². The fraction of sp³-hybridized carbons (Fsp3) is 0.923. The molecule has 0 spiro atoms. The Bertz CT molecular complexity index is 417. The maximum absolute atomic E-state index is 6.26. The SMILES string of the molecule is CCCn1nnnc1CN1CC2CCCC(N)C2C1. The zero-order chi connectivity index (χ0) is 13.2. The van der Waals surface area contributed by atoms with Crippen molar-refractivity contribution < 1.29 is 0 Å². The number of fused-ring (bicyclic) bond motifs is 1. The van der Waals surface area contributed by atoms with Crippen molar-refractivity contribution in [2.45, 2.75) is 51.7 Å². The summed E-state index contributed by atoms with van der Waals surface area (Å²) in [7, 11) is 0. The highest BCUT2D eigenvalue weighted by molar-refractivity contribution is 4.95. The molecule has 0 amide bonds. The quantitative estimate of drug-likeness (QED) is 0.864. The molecule has 2 fully saturated rings. The summed E-state index contributed by atoms with van der Waals surface area (Å²) < 4.78 is 1.93. The standard InChI is InChI=1S/C13H24N6/c1-2-6-19-13(15-16-17-19)9-18-7-10-4-3-5-12(14)11(10)8-18/h10-12H,2-9,14H2,1H3. The summed E-state index contributed by atoms with van der Waals surface area (Å²) in [5.74, 6) is 2.47. The van der Waals surface area contributed by atoms with Crippen molar-refractivity contribution >= 4 is 0 Å². The van der Waals surface area contributed by atoms with Gasteiger partial charge in [0.05, 0.1) is 6.54 Å². The molecule has 1 aromatic heterocycles. The molecule has 1 aliphatic heterocycles. The lowest BCUT2D eigenvalue weighted by Crippen LogP contribution is -2.38. The van der Waals surface area contributed by atoms with Gasteiger partial charge in [-0.1, -0.05) is 13.3 Å². The second-order valence-electron chi connectivity index (χ2n) is 6.03. The molecule has 0 radical (unpaired) electrons. The van der Waals surface area contributed by atoms with Gasteiger partial charge in [0.15, 0.2) is 5.82 Å². The van der Waals surface area contributed by atoms with Crippen LogP contribution < -0.4 is 5.73 Å².